The number of aliphatic carboxylic acids is 1. The number of nitrogens with zero attached hydrogens (tertiary/aromatic N) is 2. The van der Waals surface area contributed by atoms with E-state index in [0.717, 1.165) is 18.4 Å². The number of hydrogen-bond acceptors (Lipinski definition) is 3. The first-order valence-electron chi connectivity index (χ1n) is 7.30. The Labute approximate surface area is 127 Å². The zero-order valence-electron chi connectivity index (χ0n) is 12.3. The molecule has 1 saturated heterocycles. The standard InChI is InChI=1S/C16H18N2O4/c1-17-11-7-3-2-6-10(11)12(13(17)15(19)20)14(16(21)22)18-8-4-5-9-18/h2-3,6-7,14H,4-5,8-9H2,1H3,(H,19,20)(H,21,22). The first kappa shape index (κ1) is 14.6. The van der Waals surface area contributed by atoms with Gasteiger partial charge in [0.05, 0.1) is 0 Å². The summed E-state index contributed by atoms with van der Waals surface area (Å²) in [5.41, 5.74) is 1.18. The van der Waals surface area contributed by atoms with Gasteiger partial charge in [0.25, 0.3) is 0 Å². The maximum Gasteiger partial charge on any atom is 0.352 e. The van der Waals surface area contributed by atoms with E-state index in [2.05, 4.69) is 0 Å². The first-order valence-corrected chi connectivity index (χ1v) is 7.30. The molecule has 2 heterocycles. The average molecular weight is 302 g/mol. The van der Waals surface area contributed by atoms with Crippen LogP contribution >= 0.6 is 0 Å². The van der Waals surface area contributed by atoms with Crippen molar-refractivity contribution in [2.75, 3.05) is 13.1 Å². The first-order chi connectivity index (χ1) is 10.5. The Bertz CT molecular complexity index is 744. The van der Waals surface area contributed by atoms with Crippen LogP contribution in [0.5, 0.6) is 0 Å². The molecule has 0 aliphatic carbocycles. The van der Waals surface area contributed by atoms with Crippen LogP contribution in [0.25, 0.3) is 10.9 Å². The van der Waals surface area contributed by atoms with E-state index in [-0.39, 0.29) is 5.69 Å². The maximum absolute atomic E-state index is 11.9. The molecule has 0 bridgehead atoms. The van der Waals surface area contributed by atoms with Gasteiger partial charge in [0, 0.05) is 23.5 Å². The summed E-state index contributed by atoms with van der Waals surface area (Å²) in [6, 6.07) is 6.32. The summed E-state index contributed by atoms with van der Waals surface area (Å²) in [7, 11) is 1.66. The molecule has 1 aliphatic heterocycles. The summed E-state index contributed by atoms with van der Waals surface area (Å²) >= 11 is 0. The molecule has 22 heavy (non-hydrogen) atoms. The molecule has 0 saturated carbocycles. The van der Waals surface area contributed by atoms with Crippen LogP contribution in [0.1, 0.15) is 34.9 Å². The van der Waals surface area contributed by atoms with Crippen LogP contribution in [-0.4, -0.2) is 44.7 Å². The van der Waals surface area contributed by atoms with Crippen molar-refractivity contribution in [2.45, 2.75) is 18.9 Å². The van der Waals surface area contributed by atoms with Gasteiger partial charge in [-0.1, -0.05) is 18.2 Å². The van der Waals surface area contributed by atoms with Gasteiger partial charge in [-0.2, -0.15) is 0 Å². The molecule has 2 N–H and O–H groups in total. The summed E-state index contributed by atoms with van der Waals surface area (Å²) in [5.74, 6) is -2.10. The number of hydrogen-bond donors (Lipinski definition) is 2. The van der Waals surface area contributed by atoms with Crippen LogP contribution < -0.4 is 0 Å². The third-order valence-corrected chi connectivity index (χ3v) is 4.36. The van der Waals surface area contributed by atoms with Crippen molar-refractivity contribution in [3.63, 3.8) is 0 Å². The predicted octanol–water partition coefficient (Wildman–Crippen LogP) is 2.10. The van der Waals surface area contributed by atoms with Gasteiger partial charge in [-0.05, 0) is 32.0 Å². The number of aryl methyl sites for hydroxylation is 1. The van der Waals surface area contributed by atoms with Crippen LogP contribution in [0.2, 0.25) is 0 Å². The predicted molar refractivity (Wildman–Crippen MR) is 81.1 cm³/mol. The molecule has 6 heteroatoms. The zero-order valence-corrected chi connectivity index (χ0v) is 12.3. The van der Waals surface area contributed by atoms with Gasteiger partial charge in [0.15, 0.2) is 0 Å². The molecule has 1 aromatic carbocycles. The highest BCUT2D eigenvalue weighted by Crippen LogP contribution is 2.35. The highest BCUT2D eigenvalue weighted by atomic mass is 16.4. The lowest BCUT2D eigenvalue weighted by atomic mass is 10.0. The molecule has 2 aromatic rings. The van der Waals surface area contributed by atoms with E-state index in [0.29, 0.717) is 24.0 Å². The van der Waals surface area contributed by atoms with Gasteiger partial charge in [0.2, 0.25) is 0 Å². The smallest absolute Gasteiger partial charge is 0.352 e. The molecule has 0 radical (unpaired) electrons. The van der Waals surface area contributed by atoms with E-state index in [4.69, 9.17) is 0 Å². The Morgan fingerprint density at radius 1 is 1.14 bits per heavy atom. The molecule has 1 unspecified atom stereocenters. The number of likely N-dealkylation sites (tertiary alicyclic amines) is 1. The molecule has 6 nitrogen and oxygen atoms in total. The van der Waals surface area contributed by atoms with Crippen molar-refractivity contribution in [3.8, 4) is 0 Å². The van der Waals surface area contributed by atoms with E-state index in [1.807, 2.05) is 17.0 Å². The quantitative estimate of drug-likeness (QED) is 0.903. The number of carbonyl (C=O) groups is 2. The van der Waals surface area contributed by atoms with Crippen LogP contribution in [0, 0.1) is 0 Å². The monoisotopic (exact) mass is 302 g/mol. The second kappa shape index (κ2) is 5.46. The topological polar surface area (TPSA) is 82.8 Å². The lowest BCUT2D eigenvalue weighted by molar-refractivity contribution is -0.143. The van der Waals surface area contributed by atoms with Gasteiger partial charge in [-0.25, -0.2) is 4.79 Å². The molecular weight excluding hydrogens is 284 g/mol. The van der Waals surface area contributed by atoms with Crippen LogP contribution in [0.3, 0.4) is 0 Å². The fraction of sp³-hybridized carbons (Fsp3) is 0.375. The average Bonchev–Trinajstić information content (AvgIpc) is 3.08. The van der Waals surface area contributed by atoms with E-state index in [1.165, 1.54) is 0 Å². The number of para-hydroxylation sites is 1. The van der Waals surface area contributed by atoms with Gasteiger partial charge in [-0.15, -0.1) is 0 Å². The lowest BCUT2D eigenvalue weighted by Crippen LogP contribution is -2.33. The van der Waals surface area contributed by atoms with E-state index in [1.54, 1.807) is 23.7 Å². The van der Waals surface area contributed by atoms with Crippen LogP contribution in [-0.2, 0) is 11.8 Å². The van der Waals surface area contributed by atoms with Gasteiger partial charge < -0.3 is 14.8 Å². The zero-order chi connectivity index (χ0) is 15.9. The fourth-order valence-corrected chi connectivity index (χ4v) is 3.42. The molecule has 3 rings (SSSR count). The Morgan fingerprint density at radius 3 is 2.36 bits per heavy atom. The molecule has 1 fully saturated rings. The third-order valence-electron chi connectivity index (χ3n) is 4.36. The van der Waals surface area contributed by atoms with Crippen molar-refractivity contribution in [3.05, 3.63) is 35.5 Å². The summed E-state index contributed by atoms with van der Waals surface area (Å²) in [4.78, 5) is 25.5. The van der Waals surface area contributed by atoms with Crippen molar-refractivity contribution in [1.29, 1.82) is 0 Å². The molecule has 116 valence electrons. The highest BCUT2D eigenvalue weighted by Gasteiger charge is 2.36. The molecule has 0 amide bonds. The van der Waals surface area contributed by atoms with E-state index in [9.17, 15) is 19.8 Å². The number of benzene rings is 1. The summed E-state index contributed by atoms with van der Waals surface area (Å²) in [6.07, 6.45) is 1.88. The Balaban J connectivity index is 2.29. The van der Waals surface area contributed by atoms with E-state index >= 15 is 0 Å². The van der Waals surface area contributed by atoms with Crippen molar-refractivity contribution < 1.29 is 19.8 Å². The Hall–Kier alpha value is -2.34. The second-order valence-electron chi connectivity index (χ2n) is 5.63. The molecule has 1 atom stereocenters. The molecule has 0 spiro atoms. The highest BCUT2D eigenvalue weighted by molar-refractivity contribution is 6.01. The van der Waals surface area contributed by atoms with Crippen molar-refractivity contribution in [1.82, 2.24) is 9.47 Å². The summed E-state index contributed by atoms with van der Waals surface area (Å²) in [6.45, 7) is 1.36. The normalized spacial score (nSPS) is 17.0. The SMILES string of the molecule is Cn1c(C(=O)O)c(C(C(=O)O)N2CCCC2)c2ccccc21. The molecule has 1 aromatic heterocycles. The maximum atomic E-state index is 11.9. The third kappa shape index (κ3) is 2.16. The minimum atomic E-state index is -1.10. The van der Waals surface area contributed by atoms with Crippen molar-refractivity contribution in [2.24, 2.45) is 7.05 Å². The minimum absolute atomic E-state index is 0.0560. The van der Waals surface area contributed by atoms with Gasteiger partial charge in [-0.3, -0.25) is 9.69 Å². The summed E-state index contributed by atoms with van der Waals surface area (Å²) in [5, 5.41) is 20.0. The Morgan fingerprint density at radius 2 is 1.77 bits per heavy atom. The van der Waals surface area contributed by atoms with Crippen molar-refractivity contribution >= 4 is 22.8 Å². The number of fused-ring (bicyclic) bond motifs is 1. The molecular formula is C16H18N2O4. The van der Waals surface area contributed by atoms with Gasteiger partial charge in [0.1, 0.15) is 11.7 Å². The van der Waals surface area contributed by atoms with Crippen LogP contribution in [0.4, 0.5) is 0 Å². The minimum Gasteiger partial charge on any atom is -0.480 e. The van der Waals surface area contributed by atoms with E-state index < -0.39 is 18.0 Å². The fourth-order valence-electron chi connectivity index (χ4n) is 3.42. The largest absolute Gasteiger partial charge is 0.480 e. The number of aromatic carboxylic acids is 1. The Kier molecular flexibility index (Phi) is 3.62. The second-order valence-corrected chi connectivity index (χ2v) is 5.63. The molecule has 1 aliphatic rings. The number of carboxylic acids is 2. The lowest BCUT2D eigenvalue weighted by Gasteiger charge is -2.24. The number of rotatable bonds is 4. The van der Waals surface area contributed by atoms with Gasteiger partial charge >= 0.3 is 11.9 Å². The number of carboxylic acid groups (broad SMARTS) is 2. The number of aromatic nitrogens is 1. The summed E-state index contributed by atoms with van der Waals surface area (Å²) < 4.78 is 1.57. The van der Waals surface area contributed by atoms with Crippen LogP contribution in [0.15, 0.2) is 24.3 Å².